The third-order valence-corrected chi connectivity index (χ3v) is 4.98. The lowest BCUT2D eigenvalue weighted by Gasteiger charge is -2.07. The molecule has 0 saturated heterocycles. The molecule has 0 unspecified atom stereocenters. The van der Waals surface area contributed by atoms with Crippen molar-refractivity contribution in [1.29, 1.82) is 5.26 Å². The van der Waals surface area contributed by atoms with E-state index in [-0.39, 0.29) is 11.7 Å². The molecule has 3 nitrogen and oxygen atoms in total. The van der Waals surface area contributed by atoms with Crippen molar-refractivity contribution in [3.63, 3.8) is 0 Å². The number of aromatic nitrogens is 2. The highest BCUT2D eigenvalue weighted by atomic mass is 35.5. The van der Waals surface area contributed by atoms with E-state index in [0.29, 0.717) is 22.6 Å². The molecule has 0 atom stereocenters. The Morgan fingerprint density at radius 1 is 1.14 bits per heavy atom. The first-order valence-corrected chi connectivity index (χ1v) is 9.73. The Kier molecular flexibility index (Phi) is 6.06. The Bertz CT molecular complexity index is 1170. The number of hydrogen-bond acceptors (Lipinski definition) is 2. The van der Waals surface area contributed by atoms with Crippen molar-refractivity contribution in [3.8, 4) is 23.6 Å². The van der Waals surface area contributed by atoms with Gasteiger partial charge in [-0.3, -0.25) is 0 Å². The zero-order chi connectivity index (χ0) is 21.1. The van der Waals surface area contributed by atoms with E-state index in [1.54, 1.807) is 28.9 Å². The Labute approximate surface area is 175 Å². The van der Waals surface area contributed by atoms with Crippen LogP contribution in [-0.2, 0) is 6.42 Å². The first-order valence-electron chi connectivity index (χ1n) is 9.35. The van der Waals surface area contributed by atoms with Crippen LogP contribution in [0.3, 0.4) is 0 Å². The molecule has 0 fully saturated rings. The second kappa shape index (κ2) is 8.52. The molecule has 29 heavy (non-hydrogen) atoms. The van der Waals surface area contributed by atoms with Gasteiger partial charge in [0, 0.05) is 23.6 Å². The van der Waals surface area contributed by atoms with Crippen molar-refractivity contribution in [2.24, 2.45) is 5.92 Å². The van der Waals surface area contributed by atoms with Crippen molar-refractivity contribution in [3.05, 3.63) is 80.9 Å². The third kappa shape index (κ3) is 4.50. The number of benzene rings is 2. The fourth-order valence-electron chi connectivity index (χ4n) is 3.10. The van der Waals surface area contributed by atoms with Crippen molar-refractivity contribution in [2.45, 2.75) is 34.1 Å². The average Bonchev–Trinajstić information content (AvgIpc) is 2.95. The highest BCUT2D eigenvalue weighted by Gasteiger charge is 2.15. The summed E-state index contributed by atoms with van der Waals surface area (Å²) >= 11 is 6.17. The van der Waals surface area contributed by atoms with E-state index in [0.717, 1.165) is 28.2 Å². The molecule has 0 aliphatic heterocycles. The summed E-state index contributed by atoms with van der Waals surface area (Å²) in [6.45, 7) is 7.86. The number of nitriles is 1. The van der Waals surface area contributed by atoms with Crippen LogP contribution in [0.4, 0.5) is 4.39 Å². The highest BCUT2D eigenvalue weighted by Crippen LogP contribution is 2.25. The summed E-state index contributed by atoms with van der Waals surface area (Å²) in [5, 5.41) is 14.1. The van der Waals surface area contributed by atoms with Gasteiger partial charge in [-0.25, -0.2) is 9.07 Å². The van der Waals surface area contributed by atoms with E-state index < -0.39 is 0 Å². The second-order valence-electron chi connectivity index (χ2n) is 7.25. The van der Waals surface area contributed by atoms with Gasteiger partial charge in [0.25, 0.3) is 0 Å². The van der Waals surface area contributed by atoms with Gasteiger partial charge in [0.05, 0.1) is 27.5 Å². The van der Waals surface area contributed by atoms with Gasteiger partial charge < -0.3 is 0 Å². The Hall–Kier alpha value is -3.08. The molecule has 0 amide bonds. The monoisotopic (exact) mass is 405 g/mol. The number of rotatable bonds is 3. The van der Waals surface area contributed by atoms with Crippen LogP contribution >= 0.6 is 11.6 Å². The first-order chi connectivity index (χ1) is 13.8. The van der Waals surface area contributed by atoms with Crippen LogP contribution < -0.4 is 0 Å². The lowest BCUT2D eigenvalue weighted by molar-refractivity contribution is 0.622. The van der Waals surface area contributed by atoms with Crippen LogP contribution in [0.15, 0.2) is 36.4 Å². The normalized spacial score (nSPS) is 10.6. The molecule has 0 bridgehead atoms. The molecule has 0 N–H and O–H groups in total. The maximum atomic E-state index is 14.4. The van der Waals surface area contributed by atoms with Gasteiger partial charge in [-0.2, -0.15) is 10.4 Å². The minimum atomic E-state index is -0.308. The summed E-state index contributed by atoms with van der Waals surface area (Å²) in [6, 6.07) is 12.5. The Morgan fingerprint density at radius 3 is 2.48 bits per heavy atom. The van der Waals surface area contributed by atoms with Crippen LogP contribution in [-0.4, -0.2) is 9.78 Å². The standard InChI is InChI=1S/C24H21ClFN3/c1-15(2)5-7-19-8-6-18(12-24(19)26)11-22-16(3)28-29(17(22)4)21-10-9-20(14-27)23(25)13-21/h6,8-10,12-13,15H,11H2,1-4H3. The van der Waals surface area contributed by atoms with E-state index in [2.05, 4.69) is 23.0 Å². The minimum Gasteiger partial charge on any atom is -0.238 e. The zero-order valence-corrected chi connectivity index (χ0v) is 17.6. The molecule has 3 rings (SSSR count). The second-order valence-corrected chi connectivity index (χ2v) is 7.66. The predicted molar refractivity (Wildman–Crippen MR) is 114 cm³/mol. The molecule has 1 aromatic heterocycles. The summed E-state index contributed by atoms with van der Waals surface area (Å²) < 4.78 is 16.2. The lowest BCUT2D eigenvalue weighted by Crippen LogP contribution is -2.00. The molecule has 1 heterocycles. The molecule has 5 heteroatoms. The Morgan fingerprint density at radius 2 is 1.86 bits per heavy atom. The fraction of sp³-hybridized carbons (Fsp3) is 0.250. The number of nitrogens with zero attached hydrogens (tertiary/aromatic N) is 3. The summed E-state index contributed by atoms with van der Waals surface area (Å²) in [6.07, 6.45) is 0.566. The van der Waals surface area contributed by atoms with Crippen LogP contribution in [0.1, 0.15) is 47.5 Å². The van der Waals surface area contributed by atoms with Crippen molar-refractivity contribution < 1.29 is 4.39 Å². The van der Waals surface area contributed by atoms with Gasteiger partial charge in [-0.1, -0.05) is 43.4 Å². The molecule has 3 aromatic rings. The Balaban J connectivity index is 1.92. The molecule has 146 valence electrons. The van der Waals surface area contributed by atoms with Gasteiger partial charge in [0.1, 0.15) is 11.9 Å². The smallest absolute Gasteiger partial charge is 0.139 e. The van der Waals surface area contributed by atoms with Crippen molar-refractivity contribution >= 4 is 11.6 Å². The van der Waals surface area contributed by atoms with E-state index in [4.69, 9.17) is 16.9 Å². The maximum absolute atomic E-state index is 14.4. The highest BCUT2D eigenvalue weighted by molar-refractivity contribution is 6.31. The molecule has 0 aliphatic carbocycles. The SMILES string of the molecule is Cc1nn(-c2ccc(C#N)c(Cl)c2)c(C)c1Cc1ccc(C#CC(C)C)c(F)c1. The fourth-order valence-corrected chi connectivity index (χ4v) is 3.32. The topological polar surface area (TPSA) is 41.6 Å². The van der Waals surface area contributed by atoms with Gasteiger partial charge in [-0.05, 0) is 49.7 Å². The molecular formula is C24H21ClFN3. The summed E-state index contributed by atoms with van der Waals surface area (Å²) in [5.41, 5.74) is 5.34. The first kappa shape index (κ1) is 20.6. The van der Waals surface area contributed by atoms with Crippen molar-refractivity contribution in [1.82, 2.24) is 9.78 Å². The molecular weight excluding hydrogens is 385 g/mol. The van der Waals surface area contributed by atoms with Gasteiger partial charge >= 0.3 is 0 Å². The molecule has 0 spiro atoms. The van der Waals surface area contributed by atoms with Crippen molar-refractivity contribution in [2.75, 3.05) is 0 Å². The predicted octanol–water partition coefficient (Wildman–Crippen LogP) is 5.75. The van der Waals surface area contributed by atoms with Gasteiger partial charge in [-0.15, -0.1) is 0 Å². The van der Waals surface area contributed by atoms with E-state index in [1.165, 1.54) is 0 Å². The maximum Gasteiger partial charge on any atom is 0.139 e. The van der Waals surface area contributed by atoms with Crippen LogP contribution in [0, 0.1) is 48.8 Å². The quantitative estimate of drug-likeness (QED) is 0.520. The van der Waals surface area contributed by atoms with E-state index >= 15 is 0 Å². The number of hydrogen-bond donors (Lipinski definition) is 0. The van der Waals surface area contributed by atoms with Crippen LogP contribution in [0.25, 0.3) is 5.69 Å². The third-order valence-electron chi connectivity index (χ3n) is 4.67. The summed E-state index contributed by atoms with van der Waals surface area (Å²) in [7, 11) is 0. The average molecular weight is 406 g/mol. The number of halogens is 2. The van der Waals surface area contributed by atoms with Gasteiger partial charge in [0.15, 0.2) is 0 Å². The summed E-state index contributed by atoms with van der Waals surface area (Å²) in [5.74, 6) is 5.77. The molecule has 0 saturated carbocycles. The molecule has 2 aromatic carbocycles. The zero-order valence-electron chi connectivity index (χ0n) is 16.8. The van der Waals surface area contributed by atoms with Crippen LogP contribution in [0.2, 0.25) is 5.02 Å². The van der Waals surface area contributed by atoms with E-state index in [1.807, 2.05) is 39.8 Å². The lowest BCUT2D eigenvalue weighted by atomic mass is 10.0. The summed E-state index contributed by atoms with van der Waals surface area (Å²) in [4.78, 5) is 0. The molecule has 0 aliphatic rings. The number of aryl methyl sites for hydroxylation is 1. The van der Waals surface area contributed by atoms with Crippen LogP contribution in [0.5, 0.6) is 0 Å². The minimum absolute atomic E-state index is 0.195. The molecule has 0 radical (unpaired) electrons. The van der Waals surface area contributed by atoms with Gasteiger partial charge in [0.2, 0.25) is 0 Å². The van der Waals surface area contributed by atoms with E-state index in [9.17, 15) is 4.39 Å². The largest absolute Gasteiger partial charge is 0.238 e.